The number of hydrogen-bond donors (Lipinski definition) is 3. The van der Waals surface area contributed by atoms with Crippen LogP contribution in [0.5, 0.6) is 0 Å². The first-order valence-corrected chi connectivity index (χ1v) is 11.8. The highest BCUT2D eigenvalue weighted by molar-refractivity contribution is 5.76. The van der Waals surface area contributed by atoms with Crippen LogP contribution in [0.4, 0.5) is 0 Å². The van der Waals surface area contributed by atoms with E-state index in [1.807, 2.05) is 0 Å². The van der Waals surface area contributed by atoms with E-state index >= 15 is 0 Å². The van der Waals surface area contributed by atoms with Crippen LogP contribution in [0.1, 0.15) is 71.1 Å². The fourth-order valence-corrected chi connectivity index (χ4v) is 3.93. The summed E-state index contributed by atoms with van der Waals surface area (Å²) in [5, 5.41) is 5.87. The van der Waals surface area contributed by atoms with Gasteiger partial charge in [-0.15, -0.1) is 0 Å². The number of amides is 2. The van der Waals surface area contributed by atoms with Crippen molar-refractivity contribution in [3.63, 3.8) is 0 Å². The molecule has 0 aliphatic carbocycles. The maximum atomic E-state index is 11.8. The number of unbranched alkanes of at least 4 members (excludes halogenated alkanes) is 4. The number of quaternary nitrogens is 1. The van der Waals surface area contributed by atoms with Crippen LogP contribution in [0.3, 0.4) is 0 Å². The zero-order chi connectivity index (χ0) is 21.2. The molecule has 0 aromatic carbocycles. The predicted molar refractivity (Wildman–Crippen MR) is 117 cm³/mol. The van der Waals surface area contributed by atoms with E-state index in [0.29, 0.717) is 39.1 Å². The van der Waals surface area contributed by atoms with Crippen LogP contribution >= 0.6 is 0 Å². The minimum Gasteiger partial charge on any atom is -0.374 e. The molecule has 0 atom stereocenters. The van der Waals surface area contributed by atoms with Gasteiger partial charge in [0, 0.05) is 38.8 Å². The van der Waals surface area contributed by atoms with Gasteiger partial charge in [-0.05, 0) is 39.2 Å². The van der Waals surface area contributed by atoms with Crippen molar-refractivity contribution in [1.82, 2.24) is 10.6 Å². The van der Waals surface area contributed by atoms with Crippen LogP contribution < -0.4 is 16.4 Å². The number of rotatable bonds is 18. The maximum Gasteiger partial charge on any atom is 0.220 e. The lowest BCUT2D eigenvalue weighted by atomic mass is 10.1. The number of nitrogens with one attached hydrogen (secondary N) is 2. The Labute approximate surface area is 177 Å². The standard InChI is InChI=1S/C22H44N4O3/c1-2-26(16-9-10-17-26)18-20-29-19-15-25-22(28)12-6-4-8-14-24-21(27)11-5-3-7-13-23/h2-20,23H2,1H3,(H-,24,25,27,28)/p+1. The molecule has 1 fully saturated rings. The van der Waals surface area contributed by atoms with Gasteiger partial charge in [-0.2, -0.15) is 0 Å². The Morgan fingerprint density at radius 2 is 1.48 bits per heavy atom. The number of nitrogens with two attached hydrogens (primary N) is 1. The number of carbonyl (C=O) groups excluding carboxylic acids is 2. The highest BCUT2D eigenvalue weighted by Gasteiger charge is 2.29. The Kier molecular flexibility index (Phi) is 14.8. The quantitative estimate of drug-likeness (QED) is 0.236. The molecule has 170 valence electrons. The predicted octanol–water partition coefficient (Wildman–Crippen LogP) is 1.95. The largest absolute Gasteiger partial charge is 0.374 e. The number of ether oxygens (including phenoxy) is 1. The first kappa shape index (κ1) is 25.9. The van der Waals surface area contributed by atoms with Gasteiger partial charge < -0.3 is 25.6 Å². The smallest absolute Gasteiger partial charge is 0.220 e. The van der Waals surface area contributed by atoms with E-state index in [0.717, 1.165) is 51.7 Å². The summed E-state index contributed by atoms with van der Waals surface area (Å²) in [6.45, 7) is 10.5. The fourth-order valence-electron chi connectivity index (χ4n) is 3.93. The lowest BCUT2D eigenvalue weighted by molar-refractivity contribution is -0.915. The van der Waals surface area contributed by atoms with Crippen LogP contribution in [0.25, 0.3) is 0 Å². The number of hydrogen-bond acceptors (Lipinski definition) is 4. The molecule has 1 aliphatic rings. The molecule has 2 amide bonds. The average Bonchev–Trinajstić information content (AvgIpc) is 3.20. The van der Waals surface area contributed by atoms with Crippen molar-refractivity contribution in [1.29, 1.82) is 0 Å². The first-order valence-electron chi connectivity index (χ1n) is 11.8. The Hall–Kier alpha value is -1.18. The number of nitrogens with zero attached hydrogens (tertiary/aromatic N) is 1. The fraction of sp³-hybridized carbons (Fsp3) is 0.909. The van der Waals surface area contributed by atoms with Crippen molar-refractivity contribution in [2.45, 2.75) is 71.1 Å². The van der Waals surface area contributed by atoms with Gasteiger partial charge in [-0.1, -0.05) is 12.8 Å². The zero-order valence-electron chi connectivity index (χ0n) is 18.7. The van der Waals surface area contributed by atoms with E-state index in [9.17, 15) is 9.59 Å². The molecule has 0 radical (unpaired) electrons. The summed E-state index contributed by atoms with van der Waals surface area (Å²) in [5.74, 6) is 0.213. The molecule has 1 heterocycles. The Bertz CT molecular complexity index is 440. The van der Waals surface area contributed by atoms with Crippen molar-refractivity contribution in [2.24, 2.45) is 5.73 Å². The van der Waals surface area contributed by atoms with Gasteiger partial charge in [-0.25, -0.2) is 0 Å². The minimum atomic E-state index is 0.0918. The molecule has 7 nitrogen and oxygen atoms in total. The molecular weight excluding hydrogens is 368 g/mol. The SMILES string of the molecule is CC[N+]1(CCOCCNC(=O)CCCCCNC(=O)CCCCCN)CCCC1. The molecule has 29 heavy (non-hydrogen) atoms. The molecule has 4 N–H and O–H groups in total. The third-order valence-corrected chi connectivity index (χ3v) is 5.98. The summed E-state index contributed by atoms with van der Waals surface area (Å²) in [4.78, 5) is 23.5. The third-order valence-electron chi connectivity index (χ3n) is 5.98. The van der Waals surface area contributed by atoms with Crippen molar-refractivity contribution < 1.29 is 18.8 Å². The van der Waals surface area contributed by atoms with Crippen LogP contribution in [0, 0.1) is 0 Å². The van der Waals surface area contributed by atoms with Crippen LogP contribution in [0.15, 0.2) is 0 Å². The van der Waals surface area contributed by atoms with E-state index in [1.165, 1.54) is 37.0 Å². The lowest BCUT2D eigenvalue weighted by Gasteiger charge is -2.32. The first-order chi connectivity index (χ1) is 14.1. The molecule has 1 saturated heterocycles. The topological polar surface area (TPSA) is 93.5 Å². The molecule has 0 bridgehead atoms. The molecule has 1 rings (SSSR count). The summed E-state index contributed by atoms with van der Waals surface area (Å²) in [6, 6.07) is 0. The Morgan fingerprint density at radius 3 is 2.10 bits per heavy atom. The van der Waals surface area contributed by atoms with E-state index in [1.54, 1.807) is 0 Å². The molecule has 0 aromatic rings. The normalized spacial score (nSPS) is 15.4. The lowest BCUT2D eigenvalue weighted by Crippen LogP contribution is -2.47. The molecule has 0 aromatic heterocycles. The van der Waals surface area contributed by atoms with Crippen molar-refractivity contribution >= 4 is 11.8 Å². The summed E-state index contributed by atoms with van der Waals surface area (Å²) in [7, 11) is 0. The van der Waals surface area contributed by atoms with E-state index < -0.39 is 0 Å². The summed E-state index contributed by atoms with van der Waals surface area (Å²) >= 11 is 0. The zero-order valence-corrected chi connectivity index (χ0v) is 18.7. The third kappa shape index (κ3) is 12.9. The highest BCUT2D eigenvalue weighted by atomic mass is 16.5. The van der Waals surface area contributed by atoms with Crippen LogP contribution in [-0.2, 0) is 14.3 Å². The van der Waals surface area contributed by atoms with Gasteiger partial charge in [-0.3, -0.25) is 9.59 Å². The van der Waals surface area contributed by atoms with Crippen molar-refractivity contribution in [2.75, 3.05) is 59.0 Å². The molecule has 0 unspecified atom stereocenters. The van der Waals surface area contributed by atoms with Gasteiger partial charge in [0.2, 0.25) is 11.8 Å². The van der Waals surface area contributed by atoms with Gasteiger partial charge in [0.05, 0.1) is 32.8 Å². The second kappa shape index (κ2) is 16.6. The van der Waals surface area contributed by atoms with Crippen molar-refractivity contribution in [3.8, 4) is 0 Å². The monoisotopic (exact) mass is 413 g/mol. The maximum absolute atomic E-state index is 11.8. The summed E-state index contributed by atoms with van der Waals surface area (Å²) in [5.41, 5.74) is 5.43. The van der Waals surface area contributed by atoms with Gasteiger partial charge in [0.15, 0.2) is 0 Å². The van der Waals surface area contributed by atoms with Crippen LogP contribution in [0.2, 0.25) is 0 Å². The summed E-state index contributed by atoms with van der Waals surface area (Å²) < 4.78 is 6.91. The Morgan fingerprint density at radius 1 is 0.862 bits per heavy atom. The van der Waals surface area contributed by atoms with Gasteiger partial charge in [0.1, 0.15) is 6.54 Å². The van der Waals surface area contributed by atoms with E-state index in [2.05, 4.69) is 17.6 Å². The second-order valence-corrected chi connectivity index (χ2v) is 8.26. The number of likely N-dealkylation sites (N-methyl/N-ethyl adjacent to an activating group) is 1. The summed E-state index contributed by atoms with van der Waals surface area (Å²) in [6.07, 6.45) is 9.45. The van der Waals surface area contributed by atoms with Gasteiger partial charge in [0.25, 0.3) is 0 Å². The molecule has 1 aliphatic heterocycles. The van der Waals surface area contributed by atoms with Crippen LogP contribution in [-0.4, -0.2) is 75.3 Å². The number of carbonyl (C=O) groups is 2. The molecular formula is C22H45N4O3+. The molecule has 0 saturated carbocycles. The van der Waals surface area contributed by atoms with Gasteiger partial charge >= 0.3 is 0 Å². The van der Waals surface area contributed by atoms with Crippen molar-refractivity contribution in [3.05, 3.63) is 0 Å². The highest BCUT2D eigenvalue weighted by Crippen LogP contribution is 2.18. The molecule has 7 heteroatoms. The number of likely N-dealkylation sites (tertiary alicyclic amines) is 1. The minimum absolute atomic E-state index is 0.0918. The van der Waals surface area contributed by atoms with E-state index in [4.69, 9.17) is 10.5 Å². The second-order valence-electron chi connectivity index (χ2n) is 8.26. The molecule has 0 spiro atoms. The Balaban J connectivity index is 1.86. The average molecular weight is 414 g/mol. The van der Waals surface area contributed by atoms with E-state index in [-0.39, 0.29) is 11.8 Å².